The first-order valence-corrected chi connectivity index (χ1v) is 11.0. The van der Waals surface area contributed by atoms with Crippen LogP contribution in [-0.4, -0.2) is 61.6 Å². The fraction of sp³-hybridized carbons (Fsp3) is 0.545. The summed E-state index contributed by atoms with van der Waals surface area (Å²) in [5.41, 5.74) is 7.55. The first kappa shape index (κ1) is 23.5. The molecule has 1 aliphatic heterocycles. The lowest BCUT2D eigenvalue weighted by molar-refractivity contribution is -0.147. The highest BCUT2D eigenvalue weighted by Gasteiger charge is 2.42. The number of rotatable bonds is 11. The number of hydrogen-bond donors (Lipinski definition) is 4. The van der Waals surface area contributed by atoms with E-state index in [4.69, 9.17) is 15.8 Å². The lowest BCUT2D eigenvalue weighted by Crippen LogP contribution is -2.56. The normalized spacial score (nSPS) is 17.4. The minimum absolute atomic E-state index is 0.0774. The molecule has 31 heavy (non-hydrogen) atoms. The molecule has 1 fully saturated rings. The van der Waals surface area contributed by atoms with Crippen molar-refractivity contribution in [3.05, 3.63) is 53.9 Å². The Morgan fingerprint density at radius 1 is 1.16 bits per heavy atom. The second kappa shape index (κ2) is 10.9. The number of carbonyl (C=O) groups is 1. The molecule has 1 unspecified atom stereocenters. The fourth-order valence-electron chi connectivity index (χ4n) is 4.50. The summed E-state index contributed by atoms with van der Waals surface area (Å²) in [7, 11) is -1.35. The zero-order valence-corrected chi connectivity index (χ0v) is 17.9. The molecular weight excluding hydrogens is 395 g/mol. The number of carboxylic acids is 1. The molecule has 168 valence electrons. The van der Waals surface area contributed by atoms with Gasteiger partial charge in [0.15, 0.2) is 0 Å². The molecule has 2 aromatic rings. The van der Waals surface area contributed by atoms with Crippen molar-refractivity contribution in [2.45, 2.75) is 57.1 Å². The first-order chi connectivity index (χ1) is 14.9. The van der Waals surface area contributed by atoms with Crippen LogP contribution in [0.4, 0.5) is 0 Å². The topological polar surface area (TPSA) is 125 Å². The van der Waals surface area contributed by atoms with Crippen molar-refractivity contribution >= 4 is 13.1 Å². The van der Waals surface area contributed by atoms with Crippen molar-refractivity contribution in [1.29, 1.82) is 0 Å². The number of nitrogens with zero attached hydrogens (tertiary/aromatic N) is 3. The highest BCUT2D eigenvalue weighted by atomic mass is 16.4. The molecule has 0 saturated carbocycles. The van der Waals surface area contributed by atoms with E-state index in [9.17, 15) is 9.90 Å². The summed E-state index contributed by atoms with van der Waals surface area (Å²) < 4.78 is 1.90. The molecule has 0 radical (unpaired) electrons. The summed E-state index contributed by atoms with van der Waals surface area (Å²) in [6, 6.07) is 10.4. The van der Waals surface area contributed by atoms with E-state index >= 15 is 0 Å². The molecule has 0 spiro atoms. The minimum atomic E-state index is -1.35. The summed E-state index contributed by atoms with van der Waals surface area (Å²) in [5.74, 6) is -1.03. The van der Waals surface area contributed by atoms with Crippen molar-refractivity contribution in [3.63, 3.8) is 0 Å². The van der Waals surface area contributed by atoms with Gasteiger partial charge in [0, 0.05) is 18.9 Å². The Balaban J connectivity index is 1.51. The Morgan fingerprint density at radius 2 is 1.87 bits per heavy atom. The maximum Gasteiger partial charge on any atom is 0.451 e. The van der Waals surface area contributed by atoms with E-state index in [-0.39, 0.29) is 12.2 Å². The van der Waals surface area contributed by atoms with Gasteiger partial charge in [-0.2, -0.15) is 5.10 Å². The summed E-state index contributed by atoms with van der Waals surface area (Å²) in [4.78, 5) is 14.3. The summed E-state index contributed by atoms with van der Waals surface area (Å²) in [6.07, 6.45) is 6.95. The van der Waals surface area contributed by atoms with Gasteiger partial charge < -0.3 is 20.9 Å². The second-order valence-electron chi connectivity index (χ2n) is 8.65. The number of nitrogens with two attached hydrogens (primary N) is 1. The van der Waals surface area contributed by atoms with E-state index in [0.29, 0.717) is 19.3 Å². The van der Waals surface area contributed by atoms with Crippen molar-refractivity contribution in [2.75, 3.05) is 13.1 Å². The Morgan fingerprint density at radius 3 is 2.48 bits per heavy atom. The number of benzene rings is 1. The summed E-state index contributed by atoms with van der Waals surface area (Å²) in [6.45, 7) is 3.20. The van der Waals surface area contributed by atoms with Crippen LogP contribution in [0.5, 0.6) is 0 Å². The van der Waals surface area contributed by atoms with Crippen LogP contribution in [0.2, 0.25) is 6.32 Å². The van der Waals surface area contributed by atoms with E-state index in [1.165, 1.54) is 11.1 Å². The molecule has 0 aliphatic carbocycles. The van der Waals surface area contributed by atoms with Crippen LogP contribution in [-0.2, 0) is 17.9 Å². The average molecular weight is 428 g/mol. The van der Waals surface area contributed by atoms with Crippen LogP contribution >= 0.6 is 0 Å². The van der Waals surface area contributed by atoms with Gasteiger partial charge in [0.2, 0.25) is 0 Å². The van der Waals surface area contributed by atoms with Gasteiger partial charge in [-0.1, -0.05) is 37.1 Å². The zero-order valence-electron chi connectivity index (χ0n) is 17.9. The average Bonchev–Trinajstić information content (AvgIpc) is 3.24. The van der Waals surface area contributed by atoms with Crippen LogP contribution < -0.4 is 5.73 Å². The van der Waals surface area contributed by atoms with Crippen molar-refractivity contribution < 1.29 is 19.9 Å². The lowest BCUT2D eigenvalue weighted by atomic mass is 9.74. The minimum Gasteiger partial charge on any atom is -0.480 e. The highest BCUT2D eigenvalue weighted by molar-refractivity contribution is 6.40. The van der Waals surface area contributed by atoms with Crippen LogP contribution in [0.15, 0.2) is 42.7 Å². The molecule has 1 aliphatic rings. The quantitative estimate of drug-likeness (QED) is 0.316. The van der Waals surface area contributed by atoms with Gasteiger partial charge in [-0.05, 0) is 61.8 Å². The molecule has 1 aromatic carbocycles. The number of aromatic nitrogens is 2. The third kappa shape index (κ3) is 6.64. The van der Waals surface area contributed by atoms with Crippen LogP contribution in [0.3, 0.4) is 0 Å². The smallest absolute Gasteiger partial charge is 0.451 e. The molecule has 0 bridgehead atoms. The molecule has 5 N–H and O–H groups in total. The Hall–Kier alpha value is -2.20. The van der Waals surface area contributed by atoms with Crippen molar-refractivity contribution in [3.8, 4) is 0 Å². The van der Waals surface area contributed by atoms with E-state index in [1.807, 2.05) is 16.9 Å². The van der Waals surface area contributed by atoms with Gasteiger partial charge in [-0.25, -0.2) is 0 Å². The van der Waals surface area contributed by atoms with Gasteiger partial charge in [0.1, 0.15) is 5.54 Å². The van der Waals surface area contributed by atoms with Gasteiger partial charge in [0.05, 0.1) is 6.54 Å². The summed E-state index contributed by atoms with van der Waals surface area (Å²) >= 11 is 0. The van der Waals surface area contributed by atoms with Crippen molar-refractivity contribution in [1.82, 2.24) is 14.7 Å². The number of aliphatic carboxylic acids is 1. The molecule has 2 heterocycles. The molecule has 1 saturated heterocycles. The van der Waals surface area contributed by atoms with E-state index in [2.05, 4.69) is 34.3 Å². The van der Waals surface area contributed by atoms with Gasteiger partial charge in [-0.3, -0.25) is 14.4 Å². The highest BCUT2D eigenvalue weighted by Crippen LogP contribution is 2.32. The zero-order chi connectivity index (χ0) is 22.3. The maximum absolute atomic E-state index is 11.9. The Bertz CT molecular complexity index is 825. The number of carboxylic acid groups (broad SMARTS) is 1. The predicted molar refractivity (Wildman–Crippen MR) is 119 cm³/mol. The van der Waals surface area contributed by atoms with Gasteiger partial charge in [-0.15, -0.1) is 0 Å². The standard InChI is InChI=1S/C22H33BN4O4/c24-22(21(28)29,9-1-2-10-23(30)31)20-7-13-26(14-8-20)16-18-5-3-6-19(15-18)17-27-12-4-11-25-27/h3-6,11-12,15,20,30-31H,1-2,7-10,13-14,16-17,24H2,(H,28,29). The monoisotopic (exact) mass is 428 g/mol. The van der Waals surface area contributed by atoms with Crippen molar-refractivity contribution in [2.24, 2.45) is 11.7 Å². The summed E-state index contributed by atoms with van der Waals surface area (Å²) in [5, 5.41) is 32.0. The van der Waals surface area contributed by atoms with Gasteiger partial charge in [0.25, 0.3) is 0 Å². The maximum atomic E-state index is 11.9. The number of likely N-dealkylation sites (tertiary alicyclic amines) is 1. The van der Waals surface area contributed by atoms with Crippen LogP contribution in [0, 0.1) is 5.92 Å². The predicted octanol–water partition coefficient (Wildman–Crippen LogP) is 1.57. The SMILES string of the molecule is NC(CCCCB(O)O)(C(=O)O)C1CCN(Cc2cccc(Cn3cccn3)c2)CC1. The Kier molecular flexibility index (Phi) is 8.25. The molecule has 8 nitrogen and oxygen atoms in total. The molecule has 1 atom stereocenters. The number of hydrogen-bond acceptors (Lipinski definition) is 6. The number of piperidine rings is 1. The first-order valence-electron chi connectivity index (χ1n) is 11.0. The fourth-order valence-corrected chi connectivity index (χ4v) is 4.50. The van der Waals surface area contributed by atoms with E-state index in [1.54, 1.807) is 6.20 Å². The number of unbranched alkanes of at least 4 members (excludes halogenated alkanes) is 1. The third-order valence-electron chi connectivity index (χ3n) is 6.32. The molecular formula is C22H33BN4O4. The van der Waals surface area contributed by atoms with Crippen LogP contribution in [0.25, 0.3) is 0 Å². The van der Waals surface area contributed by atoms with E-state index < -0.39 is 18.6 Å². The molecule has 0 amide bonds. The third-order valence-corrected chi connectivity index (χ3v) is 6.32. The van der Waals surface area contributed by atoms with Gasteiger partial charge >= 0.3 is 13.1 Å². The molecule has 1 aromatic heterocycles. The lowest BCUT2D eigenvalue weighted by Gasteiger charge is -2.40. The Labute approximate surface area is 183 Å². The molecule has 9 heteroatoms. The van der Waals surface area contributed by atoms with Crippen LogP contribution in [0.1, 0.15) is 43.2 Å². The largest absolute Gasteiger partial charge is 0.480 e. The molecule has 3 rings (SSSR count). The second-order valence-corrected chi connectivity index (χ2v) is 8.65. The van der Waals surface area contributed by atoms with E-state index in [0.717, 1.165) is 39.0 Å².